The topological polar surface area (TPSA) is 102 Å². The monoisotopic (exact) mass is 379 g/mol. The number of nitrogen functional groups attached to an aromatic ring is 1. The van der Waals surface area contributed by atoms with Crippen LogP contribution < -0.4 is 10.6 Å². The van der Waals surface area contributed by atoms with Crippen LogP contribution in [-0.2, 0) is 4.74 Å². The molecule has 144 valence electrons. The Morgan fingerprint density at radius 3 is 2.82 bits per heavy atom. The lowest BCUT2D eigenvalue weighted by Crippen LogP contribution is -2.35. The number of nitrogens with zero attached hydrogens (tertiary/aromatic N) is 4. The molecule has 2 aromatic rings. The van der Waals surface area contributed by atoms with E-state index in [-0.39, 0.29) is 18.2 Å². The van der Waals surface area contributed by atoms with Gasteiger partial charge in [0.1, 0.15) is 17.3 Å². The zero-order chi connectivity index (χ0) is 19.9. The molecule has 3 rings (SSSR count). The maximum absolute atomic E-state index is 12.7. The SMILES string of the molecule is C#CCOC(=O)N1CCCN(c2cccc(C(=O)c3cccnc3N)n2)CC1. The summed E-state index contributed by atoms with van der Waals surface area (Å²) in [5.74, 6) is 2.86. The first kappa shape index (κ1) is 19.2. The van der Waals surface area contributed by atoms with E-state index in [2.05, 4.69) is 15.9 Å². The number of pyridine rings is 2. The van der Waals surface area contributed by atoms with Gasteiger partial charge in [-0.15, -0.1) is 6.42 Å². The van der Waals surface area contributed by atoms with E-state index in [0.29, 0.717) is 43.3 Å². The van der Waals surface area contributed by atoms with E-state index in [4.69, 9.17) is 16.9 Å². The van der Waals surface area contributed by atoms with Crippen LogP contribution in [0.15, 0.2) is 36.5 Å². The summed E-state index contributed by atoms with van der Waals surface area (Å²) in [6.07, 6.45) is 7.00. The van der Waals surface area contributed by atoms with Crippen molar-refractivity contribution in [3.63, 3.8) is 0 Å². The van der Waals surface area contributed by atoms with E-state index in [1.54, 1.807) is 29.2 Å². The highest BCUT2D eigenvalue weighted by Crippen LogP contribution is 2.18. The van der Waals surface area contributed by atoms with Crippen molar-refractivity contribution in [1.82, 2.24) is 14.9 Å². The smallest absolute Gasteiger partial charge is 0.410 e. The Balaban J connectivity index is 1.72. The van der Waals surface area contributed by atoms with Crippen molar-refractivity contribution in [1.29, 1.82) is 0 Å². The van der Waals surface area contributed by atoms with Crippen LogP contribution in [0, 0.1) is 12.3 Å². The molecule has 1 fully saturated rings. The summed E-state index contributed by atoms with van der Waals surface area (Å²) in [4.78, 5) is 36.8. The normalized spacial score (nSPS) is 14.1. The van der Waals surface area contributed by atoms with Gasteiger partial charge in [-0.3, -0.25) is 4.79 Å². The molecule has 0 spiro atoms. The molecule has 1 aliphatic heterocycles. The highest BCUT2D eigenvalue weighted by molar-refractivity contribution is 6.10. The zero-order valence-corrected chi connectivity index (χ0v) is 15.4. The van der Waals surface area contributed by atoms with Crippen molar-refractivity contribution in [3.05, 3.63) is 47.8 Å². The number of ether oxygens (including phenoxy) is 1. The number of hydrogen-bond acceptors (Lipinski definition) is 7. The quantitative estimate of drug-likeness (QED) is 0.635. The van der Waals surface area contributed by atoms with E-state index in [1.807, 2.05) is 11.0 Å². The zero-order valence-electron chi connectivity index (χ0n) is 15.4. The standard InChI is InChI=1S/C20H21N5O3/c1-2-14-28-20(27)25-11-5-10-24(12-13-25)17-8-3-7-16(23-17)18(26)15-6-4-9-22-19(15)21/h1,3-4,6-9H,5,10-14H2,(H2,21,22). The number of nitrogens with two attached hydrogens (primary N) is 1. The predicted octanol–water partition coefficient (Wildman–Crippen LogP) is 1.57. The summed E-state index contributed by atoms with van der Waals surface area (Å²) >= 11 is 0. The molecule has 0 aromatic carbocycles. The average Bonchev–Trinajstić information content (AvgIpc) is 2.98. The first-order valence-corrected chi connectivity index (χ1v) is 8.92. The molecule has 3 heterocycles. The van der Waals surface area contributed by atoms with Crippen LogP contribution in [0.25, 0.3) is 0 Å². The fourth-order valence-electron chi connectivity index (χ4n) is 3.00. The third kappa shape index (κ3) is 4.38. The molecule has 8 nitrogen and oxygen atoms in total. The number of rotatable bonds is 4. The Hall–Kier alpha value is -3.60. The molecule has 0 aliphatic carbocycles. The second-order valence-corrected chi connectivity index (χ2v) is 6.23. The molecular weight excluding hydrogens is 358 g/mol. The van der Waals surface area contributed by atoms with Crippen LogP contribution in [-0.4, -0.2) is 59.5 Å². The number of anilines is 2. The molecule has 0 saturated carbocycles. The Bertz CT molecular complexity index is 909. The van der Waals surface area contributed by atoms with Gasteiger partial charge in [-0.1, -0.05) is 12.0 Å². The van der Waals surface area contributed by atoms with E-state index in [0.717, 1.165) is 6.42 Å². The van der Waals surface area contributed by atoms with Crippen molar-refractivity contribution < 1.29 is 14.3 Å². The van der Waals surface area contributed by atoms with Crippen LogP contribution in [0.1, 0.15) is 22.5 Å². The van der Waals surface area contributed by atoms with Crippen molar-refractivity contribution in [2.75, 3.05) is 43.4 Å². The first-order chi connectivity index (χ1) is 13.6. The molecule has 0 unspecified atom stereocenters. The number of hydrogen-bond donors (Lipinski definition) is 1. The van der Waals surface area contributed by atoms with Gasteiger partial charge < -0.3 is 20.3 Å². The lowest BCUT2D eigenvalue weighted by Gasteiger charge is -2.22. The van der Waals surface area contributed by atoms with E-state index in [9.17, 15) is 9.59 Å². The fraction of sp³-hybridized carbons (Fsp3) is 0.300. The van der Waals surface area contributed by atoms with E-state index < -0.39 is 6.09 Å². The maximum Gasteiger partial charge on any atom is 0.410 e. The minimum absolute atomic E-state index is 0.0395. The summed E-state index contributed by atoms with van der Waals surface area (Å²) < 4.78 is 4.99. The molecule has 0 atom stereocenters. The molecule has 0 radical (unpaired) electrons. The number of ketones is 1. The number of carbonyl (C=O) groups is 2. The highest BCUT2D eigenvalue weighted by atomic mass is 16.6. The summed E-state index contributed by atoms with van der Waals surface area (Å²) in [7, 11) is 0. The van der Waals surface area contributed by atoms with Gasteiger partial charge in [0.25, 0.3) is 0 Å². The van der Waals surface area contributed by atoms with Crippen LogP contribution >= 0.6 is 0 Å². The molecule has 0 bridgehead atoms. The van der Waals surface area contributed by atoms with Gasteiger partial charge in [-0.2, -0.15) is 0 Å². The maximum atomic E-state index is 12.7. The average molecular weight is 379 g/mol. The second-order valence-electron chi connectivity index (χ2n) is 6.23. The van der Waals surface area contributed by atoms with Crippen LogP contribution in [0.3, 0.4) is 0 Å². The van der Waals surface area contributed by atoms with Gasteiger partial charge in [0, 0.05) is 32.4 Å². The van der Waals surface area contributed by atoms with Gasteiger partial charge in [-0.25, -0.2) is 14.8 Å². The summed E-state index contributed by atoms with van der Waals surface area (Å²) in [6, 6.07) is 8.57. The molecule has 1 saturated heterocycles. The third-order valence-electron chi connectivity index (χ3n) is 4.41. The van der Waals surface area contributed by atoms with Gasteiger partial charge >= 0.3 is 6.09 Å². The minimum atomic E-state index is -0.413. The van der Waals surface area contributed by atoms with Crippen LogP contribution in [0.4, 0.5) is 16.4 Å². The van der Waals surface area contributed by atoms with E-state index >= 15 is 0 Å². The number of aromatic nitrogens is 2. The Morgan fingerprint density at radius 2 is 2.04 bits per heavy atom. The lowest BCUT2D eigenvalue weighted by atomic mass is 10.1. The van der Waals surface area contributed by atoms with Crippen LogP contribution in [0.5, 0.6) is 0 Å². The largest absolute Gasteiger partial charge is 0.436 e. The second kappa shape index (κ2) is 8.86. The van der Waals surface area contributed by atoms with Crippen molar-refractivity contribution in [2.45, 2.75) is 6.42 Å². The molecular formula is C20H21N5O3. The van der Waals surface area contributed by atoms with E-state index in [1.165, 1.54) is 6.20 Å². The summed E-state index contributed by atoms with van der Waals surface area (Å²) in [6.45, 7) is 2.30. The Kier molecular flexibility index (Phi) is 6.07. The van der Waals surface area contributed by atoms with Crippen molar-refractivity contribution in [2.24, 2.45) is 0 Å². The molecule has 2 aromatic heterocycles. The lowest BCUT2D eigenvalue weighted by molar-refractivity contribution is 0.103. The third-order valence-corrected chi connectivity index (χ3v) is 4.41. The number of carbonyl (C=O) groups excluding carboxylic acids is 2. The first-order valence-electron chi connectivity index (χ1n) is 8.92. The minimum Gasteiger partial charge on any atom is -0.436 e. The van der Waals surface area contributed by atoms with Crippen molar-refractivity contribution >= 4 is 23.5 Å². The molecule has 1 amide bonds. The Morgan fingerprint density at radius 1 is 1.18 bits per heavy atom. The van der Waals surface area contributed by atoms with Gasteiger partial charge in [0.2, 0.25) is 5.78 Å². The fourth-order valence-corrected chi connectivity index (χ4v) is 3.00. The molecule has 1 aliphatic rings. The van der Waals surface area contributed by atoms with Gasteiger partial charge in [0.05, 0.1) is 5.56 Å². The van der Waals surface area contributed by atoms with Crippen LogP contribution in [0.2, 0.25) is 0 Å². The Labute approximate surface area is 163 Å². The summed E-state index contributed by atoms with van der Waals surface area (Å²) in [5.41, 5.74) is 6.43. The molecule has 2 N–H and O–H groups in total. The van der Waals surface area contributed by atoms with Gasteiger partial charge in [0.15, 0.2) is 6.61 Å². The molecule has 8 heteroatoms. The van der Waals surface area contributed by atoms with Gasteiger partial charge in [-0.05, 0) is 30.7 Å². The predicted molar refractivity (Wildman–Crippen MR) is 105 cm³/mol. The molecule has 28 heavy (non-hydrogen) atoms. The highest BCUT2D eigenvalue weighted by Gasteiger charge is 2.22. The number of terminal acetylenes is 1. The number of amides is 1. The summed E-state index contributed by atoms with van der Waals surface area (Å²) in [5, 5.41) is 0. The van der Waals surface area contributed by atoms with Crippen molar-refractivity contribution in [3.8, 4) is 12.3 Å².